The van der Waals surface area contributed by atoms with Gasteiger partial charge in [-0.25, -0.2) is 0 Å². The molecule has 27 heavy (non-hydrogen) atoms. The van der Waals surface area contributed by atoms with Crippen molar-refractivity contribution in [3.8, 4) is 0 Å². The molecule has 7 heteroatoms. The van der Waals surface area contributed by atoms with Crippen LogP contribution in [0.5, 0.6) is 0 Å². The number of nitro groups is 1. The Hall–Kier alpha value is -2.44. The third-order valence-electron chi connectivity index (χ3n) is 6.34. The molecule has 3 unspecified atom stereocenters. The van der Waals surface area contributed by atoms with Crippen LogP contribution in [0, 0.1) is 10.1 Å². The SMILES string of the molecule is O=C1Nc2ccccc2[C@@]12C(c1ccc(Cl)cc1)C([N+](=O)[O-])C1CCCN12. The molecule has 2 aromatic rings. The second-order valence-electron chi connectivity index (χ2n) is 7.47. The van der Waals surface area contributed by atoms with Crippen LogP contribution in [0.3, 0.4) is 0 Å². The maximum absolute atomic E-state index is 13.4. The van der Waals surface area contributed by atoms with E-state index in [1.54, 1.807) is 12.1 Å². The van der Waals surface area contributed by atoms with Crippen molar-refractivity contribution in [3.05, 3.63) is 74.8 Å². The molecule has 6 nitrogen and oxygen atoms in total. The Morgan fingerprint density at radius 2 is 1.93 bits per heavy atom. The molecule has 0 aliphatic carbocycles. The predicted molar refractivity (Wildman–Crippen MR) is 101 cm³/mol. The molecule has 2 aromatic carbocycles. The van der Waals surface area contributed by atoms with Gasteiger partial charge in [-0.2, -0.15) is 0 Å². The standard InChI is InChI=1S/C20H18ClN3O3/c21-13-9-7-12(8-10-13)17-18(24(26)27)16-6-3-11-23(16)20(17)14-4-1-2-5-15(14)22-19(20)25/h1-2,4-5,7-10,16-18H,3,6,11H2,(H,22,25)/t16?,17?,18?,20-/m1/s1. The van der Waals surface area contributed by atoms with E-state index >= 15 is 0 Å². The van der Waals surface area contributed by atoms with Crippen molar-refractivity contribution >= 4 is 23.2 Å². The molecule has 3 aliphatic heterocycles. The van der Waals surface area contributed by atoms with Gasteiger partial charge in [0, 0.05) is 27.7 Å². The number of anilines is 1. The second-order valence-corrected chi connectivity index (χ2v) is 7.91. The molecule has 2 fully saturated rings. The summed E-state index contributed by atoms with van der Waals surface area (Å²) < 4.78 is 0. The number of carbonyl (C=O) groups excluding carboxylic acids is 1. The summed E-state index contributed by atoms with van der Waals surface area (Å²) in [5.74, 6) is -0.737. The molecule has 0 saturated carbocycles. The van der Waals surface area contributed by atoms with Gasteiger partial charge in [0.05, 0.1) is 12.0 Å². The summed E-state index contributed by atoms with van der Waals surface area (Å²) in [4.78, 5) is 27.5. The lowest BCUT2D eigenvalue weighted by Gasteiger charge is -2.36. The fourth-order valence-corrected chi connectivity index (χ4v) is 5.59. The lowest BCUT2D eigenvalue weighted by molar-refractivity contribution is -0.527. The Morgan fingerprint density at radius 3 is 2.67 bits per heavy atom. The van der Waals surface area contributed by atoms with Gasteiger partial charge in [-0.15, -0.1) is 0 Å². The van der Waals surface area contributed by atoms with Gasteiger partial charge >= 0.3 is 0 Å². The zero-order valence-electron chi connectivity index (χ0n) is 14.5. The number of carbonyl (C=O) groups is 1. The summed E-state index contributed by atoms with van der Waals surface area (Å²) >= 11 is 6.05. The van der Waals surface area contributed by atoms with Crippen molar-refractivity contribution in [3.63, 3.8) is 0 Å². The maximum atomic E-state index is 13.4. The maximum Gasteiger partial charge on any atom is 0.250 e. The monoisotopic (exact) mass is 383 g/mol. The molecule has 0 radical (unpaired) electrons. The summed E-state index contributed by atoms with van der Waals surface area (Å²) in [6.45, 7) is 0.681. The highest BCUT2D eigenvalue weighted by Gasteiger charge is 2.71. The lowest BCUT2D eigenvalue weighted by atomic mass is 9.73. The van der Waals surface area contributed by atoms with Crippen LogP contribution in [0.25, 0.3) is 0 Å². The van der Waals surface area contributed by atoms with Gasteiger partial charge in [0.2, 0.25) is 6.04 Å². The number of para-hydroxylation sites is 1. The fourth-order valence-electron chi connectivity index (χ4n) is 5.46. The number of rotatable bonds is 2. The molecule has 1 amide bonds. The van der Waals surface area contributed by atoms with E-state index in [1.165, 1.54) is 0 Å². The van der Waals surface area contributed by atoms with Crippen LogP contribution in [-0.2, 0) is 10.3 Å². The Bertz CT molecular complexity index is 948. The van der Waals surface area contributed by atoms with E-state index < -0.39 is 17.5 Å². The molecule has 3 aliphatic rings. The molecule has 5 rings (SSSR count). The average molecular weight is 384 g/mol. The van der Waals surface area contributed by atoms with Crippen LogP contribution in [0.4, 0.5) is 5.69 Å². The highest BCUT2D eigenvalue weighted by atomic mass is 35.5. The number of nitrogens with zero attached hydrogens (tertiary/aromatic N) is 2. The Kier molecular flexibility index (Phi) is 3.58. The number of fused-ring (bicyclic) bond motifs is 4. The molecule has 2 saturated heterocycles. The number of halogens is 1. The van der Waals surface area contributed by atoms with Crippen molar-refractivity contribution in [2.45, 2.75) is 36.4 Å². The normalized spacial score (nSPS) is 31.7. The van der Waals surface area contributed by atoms with E-state index in [0.717, 1.165) is 29.7 Å². The van der Waals surface area contributed by atoms with Gasteiger partial charge in [-0.1, -0.05) is 41.9 Å². The number of hydrogen-bond donors (Lipinski definition) is 1. The van der Waals surface area contributed by atoms with Gasteiger partial charge in [0.15, 0.2) is 0 Å². The van der Waals surface area contributed by atoms with Crippen LogP contribution in [-0.4, -0.2) is 34.4 Å². The minimum atomic E-state index is -1.05. The van der Waals surface area contributed by atoms with Gasteiger partial charge < -0.3 is 5.32 Å². The van der Waals surface area contributed by atoms with E-state index in [1.807, 2.05) is 36.4 Å². The van der Waals surface area contributed by atoms with E-state index in [2.05, 4.69) is 10.2 Å². The van der Waals surface area contributed by atoms with Crippen LogP contribution in [0.2, 0.25) is 5.02 Å². The molecule has 3 heterocycles. The molecule has 0 bridgehead atoms. The highest BCUT2D eigenvalue weighted by Crippen LogP contribution is 2.59. The zero-order chi connectivity index (χ0) is 18.8. The van der Waals surface area contributed by atoms with E-state index in [9.17, 15) is 14.9 Å². The smallest absolute Gasteiger partial charge is 0.250 e. The van der Waals surface area contributed by atoms with E-state index in [4.69, 9.17) is 11.6 Å². The van der Waals surface area contributed by atoms with Gasteiger partial charge in [-0.05, 0) is 36.6 Å². The molecule has 138 valence electrons. The Morgan fingerprint density at radius 1 is 1.19 bits per heavy atom. The topological polar surface area (TPSA) is 75.5 Å². The molecule has 4 atom stereocenters. The lowest BCUT2D eigenvalue weighted by Crippen LogP contribution is -2.50. The van der Waals surface area contributed by atoms with Crippen molar-refractivity contribution in [2.75, 3.05) is 11.9 Å². The van der Waals surface area contributed by atoms with Crippen molar-refractivity contribution in [1.29, 1.82) is 0 Å². The fraction of sp³-hybridized carbons (Fsp3) is 0.350. The summed E-state index contributed by atoms with van der Waals surface area (Å²) in [5.41, 5.74) is 1.31. The van der Waals surface area contributed by atoms with Crippen molar-refractivity contribution in [1.82, 2.24) is 4.90 Å². The molecular weight excluding hydrogens is 366 g/mol. The first-order chi connectivity index (χ1) is 13.0. The van der Waals surface area contributed by atoms with E-state index in [-0.39, 0.29) is 16.9 Å². The largest absolute Gasteiger partial charge is 0.324 e. The quantitative estimate of drug-likeness (QED) is 0.637. The van der Waals surface area contributed by atoms with Gasteiger partial charge in [-0.3, -0.25) is 19.8 Å². The van der Waals surface area contributed by atoms with E-state index in [0.29, 0.717) is 11.6 Å². The summed E-state index contributed by atoms with van der Waals surface area (Å²) in [5, 5.41) is 15.7. The molecule has 1 spiro atoms. The van der Waals surface area contributed by atoms with Crippen molar-refractivity contribution in [2.24, 2.45) is 0 Å². The minimum Gasteiger partial charge on any atom is -0.324 e. The van der Waals surface area contributed by atoms with Crippen LogP contribution < -0.4 is 5.32 Å². The van der Waals surface area contributed by atoms with Crippen LogP contribution >= 0.6 is 11.6 Å². The first-order valence-corrected chi connectivity index (χ1v) is 9.49. The molecule has 1 N–H and O–H groups in total. The Labute approximate surface area is 161 Å². The van der Waals surface area contributed by atoms with Crippen LogP contribution in [0.15, 0.2) is 48.5 Å². The minimum absolute atomic E-state index is 0.167. The first-order valence-electron chi connectivity index (χ1n) is 9.12. The number of amides is 1. The van der Waals surface area contributed by atoms with Crippen molar-refractivity contribution < 1.29 is 9.72 Å². The predicted octanol–water partition coefficient (Wildman–Crippen LogP) is 3.39. The summed E-state index contributed by atoms with van der Waals surface area (Å²) in [7, 11) is 0. The third kappa shape index (κ3) is 2.08. The van der Waals surface area contributed by atoms with Gasteiger partial charge in [0.1, 0.15) is 5.54 Å². The highest BCUT2D eigenvalue weighted by molar-refractivity contribution is 6.30. The number of nitrogens with one attached hydrogen (secondary N) is 1. The molecule has 0 aromatic heterocycles. The average Bonchev–Trinajstić information content (AvgIpc) is 3.29. The molecular formula is C20H18ClN3O3. The Balaban J connectivity index is 1.80. The zero-order valence-corrected chi connectivity index (χ0v) is 15.2. The van der Waals surface area contributed by atoms with Gasteiger partial charge in [0.25, 0.3) is 5.91 Å². The first kappa shape index (κ1) is 16.7. The number of hydrogen-bond acceptors (Lipinski definition) is 4. The summed E-state index contributed by atoms with van der Waals surface area (Å²) in [6, 6.07) is 13.6. The van der Waals surface area contributed by atoms with Crippen LogP contribution in [0.1, 0.15) is 29.9 Å². The summed E-state index contributed by atoms with van der Waals surface area (Å²) in [6.07, 6.45) is 1.59. The second kappa shape index (κ2) is 5.78. The third-order valence-corrected chi connectivity index (χ3v) is 6.59. The number of benzene rings is 2.